The molecular weight excluding hydrogens is 143 g/mol. The molecule has 3 heteroatoms. The number of nitrogens with zero attached hydrogens (tertiary/aromatic N) is 1. The maximum absolute atomic E-state index is 13.0. The first-order valence-corrected chi connectivity index (χ1v) is 4.41. The summed E-state index contributed by atoms with van der Waals surface area (Å²) in [6.45, 7) is 1.58. The van der Waals surface area contributed by atoms with Crippen molar-refractivity contribution in [3.63, 3.8) is 0 Å². The van der Waals surface area contributed by atoms with Crippen LogP contribution in [-0.4, -0.2) is 36.2 Å². The van der Waals surface area contributed by atoms with Crippen molar-refractivity contribution < 1.29 is 4.39 Å². The van der Waals surface area contributed by atoms with E-state index in [9.17, 15) is 4.39 Å². The molecule has 2 aliphatic rings. The molecule has 0 aromatic rings. The minimum absolute atomic E-state index is 0.204. The van der Waals surface area contributed by atoms with E-state index in [1.165, 1.54) is 12.8 Å². The predicted octanol–water partition coefficient (Wildman–Crippen LogP) is 0.520. The van der Waals surface area contributed by atoms with Crippen molar-refractivity contribution in [1.29, 1.82) is 0 Å². The number of nitrogens with two attached hydrogens (primary N) is 1. The second-order valence-corrected chi connectivity index (χ2v) is 3.69. The smallest absolute Gasteiger partial charge is 0.128 e. The largest absolute Gasteiger partial charge is 0.325 e. The summed E-state index contributed by atoms with van der Waals surface area (Å²) in [5, 5.41) is 0. The molecule has 2 N–H and O–H groups in total. The normalized spacial score (nSPS) is 40.9. The SMILES string of the molecule is NC1CCN(C2CC2)C[C@H]1F. The molecule has 11 heavy (non-hydrogen) atoms. The van der Waals surface area contributed by atoms with E-state index in [2.05, 4.69) is 4.90 Å². The van der Waals surface area contributed by atoms with Crippen molar-refractivity contribution in [3.05, 3.63) is 0 Å². The second-order valence-electron chi connectivity index (χ2n) is 3.69. The van der Waals surface area contributed by atoms with Crippen molar-refractivity contribution in [2.24, 2.45) is 5.73 Å². The number of likely N-dealkylation sites (tertiary alicyclic amines) is 1. The summed E-state index contributed by atoms with van der Waals surface area (Å²) < 4.78 is 13.0. The van der Waals surface area contributed by atoms with Gasteiger partial charge in [0.15, 0.2) is 0 Å². The van der Waals surface area contributed by atoms with Crippen LogP contribution in [0.3, 0.4) is 0 Å². The van der Waals surface area contributed by atoms with E-state index in [-0.39, 0.29) is 6.04 Å². The molecule has 2 fully saturated rings. The second kappa shape index (κ2) is 2.72. The first-order valence-electron chi connectivity index (χ1n) is 4.41. The molecule has 0 spiro atoms. The van der Waals surface area contributed by atoms with Crippen LogP contribution in [0.2, 0.25) is 0 Å². The summed E-state index contributed by atoms with van der Waals surface area (Å²) >= 11 is 0. The highest BCUT2D eigenvalue weighted by atomic mass is 19.1. The molecule has 1 aliphatic carbocycles. The molecule has 1 unspecified atom stereocenters. The maximum atomic E-state index is 13.0. The van der Waals surface area contributed by atoms with Gasteiger partial charge >= 0.3 is 0 Å². The number of rotatable bonds is 1. The third-order valence-electron chi connectivity index (χ3n) is 2.69. The Hall–Kier alpha value is -0.150. The molecule has 64 valence electrons. The van der Waals surface area contributed by atoms with Crippen LogP contribution in [0.25, 0.3) is 0 Å². The first-order chi connectivity index (χ1) is 5.27. The summed E-state index contributed by atoms with van der Waals surface area (Å²) in [5.41, 5.74) is 5.56. The van der Waals surface area contributed by atoms with E-state index in [1.54, 1.807) is 0 Å². The minimum Gasteiger partial charge on any atom is -0.325 e. The lowest BCUT2D eigenvalue weighted by atomic mass is 10.0. The third-order valence-corrected chi connectivity index (χ3v) is 2.69. The Bertz CT molecular complexity index is 147. The zero-order valence-electron chi connectivity index (χ0n) is 6.67. The molecule has 0 aromatic carbocycles. The molecule has 0 bridgehead atoms. The van der Waals surface area contributed by atoms with Crippen molar-refractivity contribution in [1.82, 2.24) is 4.90 Å². The Morgan fingerprint density at radius 1 is 1.27 bits per heavy atom. The van der Waals surface area contributed by atoms with Crippen LogP contribution in [0.15, 0.2) is 0 Å². The number of alkyl halides is 1. The van der Waals surface area contributed by atoms with Crippen molar-refractivity contribution in [2.45, 2.75) is 37.5 Å². The maximum Gasteiger partial charge on any atom is 0.128 e. The number of hydrogen-bond acceptors (Lipinski definition) is 2. The van der Waals surface area contributed by atoms with Crippen LogP contribution in [0, 0.1) is 0 Å². The average molecular weight is 158 g/mol. The van der Waals surface area contributed by atoms with Crippen LogP contribution in [0.1, 0.15) is 19.3 Å². The van der Waals surface area contributed by atoms with Gasteiger partial charge in [-0.15, -0.1) is 0 Å². The Kier molecular flexibility index (Phi) is 1.85. The highest BCUT2D eigenvalue weighted by Gasteiger charge is 2.35. The van der Waals surface area contributed by atoms with Gasteiger partial charge < -0.3 is 5.73 Å². The summed E-state index contributed by atoms with van der Waals surface area (Å²) in [4.78, 5) is 2.24. The fourth-order valence-corrected chi connectivity index (χ4v) is 1.72. The molecular formula is C8H15FN2. The first kappa shape index (κ1) is 7.50. The third kappa shape index (κ3) is 1.54. The lowest BCUT2D eigenvalue weighted by Gasteiger charge is -2.32. The van der Waals surface area contributed by atoms with Gasteiger partial charge in [-0.05, 0) is 19.3 Å². The molecule has 1 saturated heterocycles. The zero-order chi connectivity index (χ0) is 7.84. The van der Waals surface area contributed by atoms with Gasteiger partial charge in [-0.3, -0.25) is 4.90 Å². The summed E-state index contributed by atoms with van der Waals surface area (Å²) in [6.07, 6.45) is 2.58. The Labute approximate surface area is 66.5 Å². The molecule has 0 radical (unpaired) electrons. The molecule has 1 aliphatic heterocycles. The van der Waals surface area contributed by atoms with Gasteiger partial charge in [0, 0.05) is 25.2 Å². The van der Waals surface area contributed by atoms with Crippen LogP contribution < -0.4 is 5.73 Å². The van der Waals surface area contributed by atoms with E-state index in [1.807, 2.05) is 0 Å². The van der Waals surface area contributed by atoms with E-state index in [0.717, 1.165) is 13.0 Å². The Balaban J connectivity index is 1.86. The molecule has 1 saturated carbocycles. The van der Waals surface area contributed by atoms with E-state index in [4.69, 9.17) is 5.73 Å². The molecule has 2 rings (SSSR count). The molecule has 0 aromatic heterocycles. The highest BCUT2D eigenvalue weighted by Crippen LogP contribution is 2.29. The molecule has 2 atom stereocenters. The standard InChI is InChI=1S/C8H15FN2/c9-7-5-11(6-1-2-6)4-3-8(7)10/h6-8H,1-5,10H2/t7-,8?/m1/s1. The van der Waals surface area contributed by atoms with Crippen molar-refractivity contribution in [3.8, 4) is 0 Å². The molecule has 0 amide bonds. The highest BCUT2D eigenvalue weighted by molar-refractivity contribution is 4.91. The van der Waals surface area contributed by atoms with Gasteiger partial charge in [-0.2, -0.15) is 0 Å². The van der Waals surface area contributed by atoms with Gasteiger partial charge in [0.25, 0.3) is 0 Å². The number of hydrogen-bond donors (Lipinski definition) is 1. The van der Waals surface area contributed by atoms with E-state index >= 15 is 0 Å². The van der Waals surface area contributed by atoms with Gasteiger partial charge in [0.05, 0.1) is 0 Å². The van der Waals surface area contributed by atoms with E-state index in [0.29, 0.717) is 12.6 Å². The monoisotopic (exact) mass is 158 g/mol. The van der Waals surface area contributed by atoms with Crippen LogP contribution in [0.5, 0.6) is 0 Å². The fourth-order valence-electron chi connectivity index (χ4n) is 1.72. The quantitative estimate of drug-likeness (QED) is 0.603. The summed E-state index contributed by atoms with van der Waals surface area (Å²) in [6, 6.07) is 0.491. The van der Waals surface area contributed by atoms with Crippen LogP contribution >= 0.6 is 0 Å². The lowest BCUT2D eigenvalue weighted by molar-refractivity contribution is 0.114. The lowest BCUT2D eigenvalue weighted by Crippen LogP contribution is -2.49. The van der Waals surface area contributed by atoms with E-state index < -0.39 is 6.17 Å². The Morgan fingerprint density at radius 2 is 2.00 bits per heavy atom. The van der Waals surface area contributed by atoms with Crippen LogP contribution in [0.4, 0.5) is 4.39 Å². The zero-order valence-corrected chi connectivity index (χ0v) is 6.67. The number of piperidine rings is 1. The van der Waals surface area contributed by atoms with Gasteiger partial charge in [-0.1, -0.05) is 0 Å². The predicted molar refractivity (Wildman–Crippen MR) is 42.1 cm³/mol. The van der Waals surface area contributed by atoms with Crippen molar-refractivity contribution in [2.75, 3.05) is 13.1 Å². The average Bonchev–Trinajstić information content (AvgIpc) is 2.77. The fraction of sp³-hybridized carbons (Fsp3) is 1.00. The van der Waals surface area contributed by atoms with Gasteiger partial charge in [-0.25, -0.2) is 4.39 Å². The minimum atomic E-state index is -0.788. The topological polar surface area (TPSA) is 29.3 Å². The molecule has 1 heterocycles. The Morgan fingerprint density at radius 3 is 2.55 bits per heavy atom. The van der Waals surface area contributed by atoms with Gasteiger partial charge in [0.2, 0.25) is 0 Å². The molecule has 2 nitrogen and oxygen atoms in total. The van der Waals surface area contributed by atoms with Gasteiger partial charge in [0.1, 0.15) is 6.17 Å². The summed E-state index contributed by atoms with van der Waals surface area (Å²) in [5.74, 6) is 0. The summed E-state index contributed by atoms with van der Waals surface area (Å²) in [7, 11) is 0. The van der Waals surface area contributed by atoms with Crippen LogP contribution in [-0.2, 0) is 0 Å². The number of halogens is 1. The van der Waals surface area contributed by atoms with Crippen molar-refractivity contribution >= 4 is 0 Å².